The van der Waals surface area contributed by atoms with Crippen LogP contribution in [0, 0.1) is 0 Å². The van der Waals surface area contributed by atoms with Gasteiger partial charge in [0.15, 0.2) is 0 Å². The van der Waals surface area contributed by atoms with Gasteiger partial charge in [0.25, 0.3) is 5.91 Å². The summed E-state index contributed by atoms with van der Waals surface area (Å²) in [5.74, 6) is 0.136. The normalized spacial score (nSPS) is 18.1. The van der Waals surface area contributed by atoms with Crippen molar-refractivity contribution in [3.05, 3.63) is 51.7 Å². The first kappa shape index (κ1) is 27.9. The second-order valence-corrected chi connectivity index (χ2v) is 11.2. The van der Waals surface area contributed by atoms with Crippen LogP contribution in [0.1, 0.15) is 40.4 Å². The van der Waals surface area contributed by atoms with Gasteiger partial charge in [-0.1, -0.05) is 12.1 Å². The zero-order valence-electron chi connectivity index (χ0n) is 21.8. The van der Waals surface area contributed by atoms with Crippen LogP contribution in [0.5, 0.6) is 0 Å². The molecule has 2 aliphatic rings. The number of alkyl halides is 3. The first-order chi connectivity index (χ1) is 17.7. The van der Waals surface area contributed by atoms with E-state index in [2.05, 4.69) is 29.0 Å². The Hall–Kier alpha value is -2.14. The van der Waals surface area contributed by atoms with Crippen LogP contribution in [-0.4, -0.2) is 92.1 Å². The van der Waals surface area contributed by atoms with Gasteiger partial charge in [0, 0.05) is 75.5 Å². The summed E-state index contributed by atoms with van der Waals surface area (Å²) in [7, 11) is 0. The molecule has 4 rings (SSSR count). The number of rotatable bonds is 9. The van der Waals surface area contributed by atoms with E-state index in [1.54, 1.807) is 23.5 Å². The van der Waals surface area contributed by atoms with Crippen molar-refractivity contribution >= 4 is 22.9 Å². The number of para-hydroxylation sites is 1. The summed E-state index contributed by atoms with van der Waals surface area (Å²) < 4.78 is 40.0. The van der Waals surface area contributed by atoms with Crippen molar-refractivity contribution in [2.75, 3.05) is 70.3 Å². The number of hydrogen-bond acceptors (Lipinski definition) is 6. The first-order valence-electron chi connectivity index (χ1n) is 13.2. The second-order valence-electron chi connectivity index (χ2n) is 10.1. The highest BCUT2D eigenvalue weighted by atomic mass is 32.1. The molecule has 0 spiro atoms. The average molecular weight is 538 g/mol. The molecule has 2 aromatic rings. The third-order valence-corrected chi connectivity index (χ3v) is 8.33. The molecule has 204 valence electrons. The molecule has 3 heterocycles. The molecular formula is C27H38F3N5OS. The minimum Gasteiger partial charge on any atom is -0.368 e. The van der Waals surface area contributed by atoms with E-state index in [9.17, 15) is 18.0 Å². The predicted octanol–water partition coefficient (Wildman–Crippen LogP) is 4.24. The number of nitrogens with zero attached hydrogens (tertiary/aromatic N) is 4. The third kappa shape index (κ3) is 7.46. The maximum atomic E-state index is 13.3. The van der Waals surface area contributed by atoms with E-state index in [0.29, 0.717) is 19.1 Å². The van der Waals surface area contributed by atoms with Crippen molar-refractivity contribution in [1.82, 2.24) is 20.0 Å². The molecule has 0 aliphatic carbocycles. The smallest absolute Gasteiger partial charge is 0.368 e. The van der Waals surface area contributed by atoms with Crippen molar-refractivity contribution < 1.29 is 18.0 Å². The van der Waals surface area contributed by atoms with E-state index >= 15 is 0 Å². The van der Waals surface area contributed by atoms with Crippen LogP contribution >= 0.6 is 11.3 Å². The van der Waals surface area contributed by atoms with Gasteiger partial charge in [-0.05, 0) is 57.6 Å². The zero-order valence-corrected chi connectivity index (χ0v) is 22.6. The van der Waals surface area contributed by atoms with Crippen LogP contribution in [0.4, 0.5) is 18.9 Å². The van der Waals surface area contributed by atoms with Gasteiger partial charge in [-0.3, -0.25) is 14.6 Å². The summed E-state index contributed by atoms with van der Waals surface area (Å²) in [4.78, 5) is 23.3. The van der Waals surface area contributed by atoms with E-state index in [-0.39, 0.29) is 11.6 Å². The Morgan fingerprint density at radius 1 is 0.973 bits per heavy atom. The lowest BCUT2D eigenvalue weighted by Crippen LogP contribution is -2.50. The third-order valence-electron chi connectivity index (χ3n) is 7.25. The van der Waals surface area contributed by atoms with Crippen molar-refractivity contribution in [3.63, 3.8) is 0 Å². The number of benzene rings is 1. The Morgan fingerprint density at radius 3 is 2.35 bits per heavy atom. The molecular weight excluding hydrogens is 499 g/mol. The minimum atomic E-state index is -4.33. The molecule has 6 nitrogen and oxygen atoms in total. The van der Waals surface area contributed by atoms with Crippen molar-refractivity contribution in [3.8, 4) is 0 Å². The number of nitrogens with one attached hydrogen (secondary N) is 1. The second kappa shape index (κ2) is 12.6. The number of anilines is 1. The Morgan fingerprint density at radius 2 is 1.68 bits per heavy atom. The Balaban J connectivity index is 1.13. The Bertz CT molecular complexity index is 1010. The van der Waals surface area contributed by atoms with Gasteiger partial charge in [0.05, 0.1) is 10.4 Å². The molecule has 1 amide bonds. The summed E-state index contributed by atoms with van der Waals surface area (Å²) >= 11 is 1.57. The summed E-state index contributed by atoms with van der Waals surface area (Å²) in [6.07, 6.45) is -3.37. The van der Waals surface area contributed by atoms with E-state index in [4.69, 9.17) is 0 Å². The fraction of sp³-hybridized carbons (Fsp3) is 0.593. The van der Waals surface area contributed by atoms with Gasteiger partial charge in [-0.25, -0.2) is 0 Å². The summed E-state index contributed by atoms with van der Waals surface area (Å²) in [5, 5.41) is 3.47. The van der Waals surface area contributed by atoms with Crippen LogP contribution in [0.15, 0.2) is 36.4 Å². The van der Waals surface area contributed by atoms with Crippen LogP contribution < -0.4 is 10.2 Å². The van der Waals surface area contributed by atoms with Crippen LogP contribution in [0.3, 0.4) is 0 Å². The van der Waals surface area contributed by atoms with E-state index in [1.165, 1.54) is 6.07 Å². The zero-order chi connectivity index (χ0) is 26.4. The molecule has 10 heteroatoms. The number of carbonyl (C=O) groups excluding carboxylic acids is 1. The van der Waals surface area contributed by atoms with E-state index in [0.717, 1.165) is 81.1 Å². The van der Waals surface area contributed by atoms with Gasteiger partial charge in [-0.15, -0.1) is 11.3 Å². The fourth-order valence-corrected chi connectivity index (χ4v) is 5.97. The monoisotopic (exact) mass is 537 g/mol. The number of halogens is 3. The van der Waals surface area contributed by atoms with Gasteiger partial charge < -0.3 is 15.1 Å². The quantitative estimate of drug-likeness (QED) is 0.485. The fourth-order valence-electron chi connectivity index (χ4n) is 5.03. The van der Waals surface area contributed by atoms with Gasteiger partial charge >= 0.3 is 6.18 Å². The van der Waals surface area contributed by atoms with Gasteiger partial charge in [0.2, 0.25) is 0 Å². The number of thiophene rings is 1. The van der Waals surface area contributed by atoms with Crippen LogP contribution in [-0.2, 0) is 12.7 Å². The molecule has 1 N–H and O–H groups in total. The largest absolute Gasteiger partial charge is 0.418 e. The molecule has 0 saturated carbocycles. The summed E-state index contributed by atoms with van der Waals surface area (Å²) in [6, 6.07) is 10.3. The number of piperazine rings is 2. The lowest BCUT2D eigenvalue weighted by Gasteiger charge is -2.37. The van der Waals surface area contributed by atoms with Gasteiger partial charge in [-0.2, -0.15) is 13.2 Å². The molecule has 1 aromatic carbocycles. The van der Waals surface area contributed by atoms with Crippen molar-refractivity contribution in [2.45, 2.75) is 39.0 Å². The highest BCUT2D eigenvalue weighted by Gasteiger charge is 2.35. The Kier molecular flexibility index (Phi) is 9.50. The molecule has 0 unspecified atom stereocenters. The molecule has 0 atom stereocenters. The lowest BCUT2D eigenvalue weighted by atomic mass is 10.1. The molecule has 2 aliphatic heterocycles. The predicted molar refractivity (Wildman–Crippen MR) is 143 cm³/mol. The molecule has 37 heavy (non-hydrogen) atoms. The molecule has 0 bridgehead atoms. The number of amides is 1. The van der Waals surface area contributed by atoms with Crippen molar-refractivity contribution in [2.24, 2.45) is 0 Å². The standard InChI is InChI=1S/C27H38F3N5OS/c1-21(2)33-16-18-35(19-17-33)26(36)25-9-8-22(37-25)20-31-10-5-11-32-12-14-34(15-13-32)24-7-4-3-6-23(24)27(28,29)30/h3-4,6-9,21,31H,5,10-20H2,1-2H3. The summed E-state index contributed by atoms with van der Waals surface area (Å²) in [6.45, 7) is 13.0. The summed E-state index contributed by atoms with van der Waals surface area (Å²) in [5.41, 5.74) is -0.275. The topological polar surface area (TPSA) is 42.1 Å². The van der Waals surface area contributed by atoms with Crippen LogP contribution in [0.2, 0.25) is 0 Å². The Labute approximate surface area is 222 Å². The highest BCUT2D eigenvalue weighted by Crippen LogP contribution is 2.36. The van der Waals surface area contributed by atoms with Crippen LogP contribution in [0.25, 0.3) is 0 Å². The molecule has 1 aromatic heterocycles. The lowest BCUT2D eigenvalue weighted by molar-refractivity contribution is -0.137. The highest BCUT2D eigenvalue weighted by molar-refractivity contribution is 7.14. The average Bonchev–Trinajstić information content (AvgIpc) is 3.37. The van der Waals surface area contributed by atoms with E-state index in [1.807, 2.05) is 21.9 Å². The minimum absolute atomic E-state index is 0.136. The maximum Gasteiger partial charge on any atom is 0.418 e. The first-order valence-corrected chi connectivity index (χ1v) is 14.0. The number of hydrogen-bond donors (Lipinski definition) is 1. The van der Waals surface area contributed by atoms with E-state index < -0.39 is 11.7 Å². The molecule has 2 fully saturated rings. The molecule has 2 saturated heterocycles. The van der Waals surface area contributed by atoms with Crippen molar-refractivity contribution in [1.29, 1.82) is 0 Å². The molecule has 0 radical (unpaired) electrons. The number of carbonyl (C=O) groups is 1. The SMILES string of the molecule is CC(C)N1CCN(C(=O)c2ccc(CNCCCN3CCN(c4ccccc4C(F)(F)F)CC3)s2)CC1. The maximum absolute atomic E-state index is 13.3. The van der Waals surface area contributed by atoms with Gasteiger partial charge in [0.1, 0.15) is 0 Å².